The number of hydrogen-bond donors (Lipinski definition) is 1. The van der Waals surface area contributed by atoms with Crippen LogP contribution in [0.5, 0.6) is 0 Å². The lowest BCUT2D eigenvalue weighted by molar-refractivity contribution is -0.0628. The average Bonchev–Trinajstić information content (AvgIpc) is 3.08. The number of fused-ring (bicyclic) bond motifs is 1. The molecule has 2 atom stereocenters. The maximum Gasteiger partial charge on any atom is 0.263 e. The van der Waals surface area contributed by atoms with Crippen molar-refractivity contribution < 1.29 is 9.26 Å². The Hall–Kier alpha value is -1.34. The lowest BCUT2D eigenvalue weighted by atomic mass is 9.90. The van der Waals surface area contributed by atoms with E-state index in [1.54, 1.807) is 0 Å². The summed E-state index contributed by atoms with van der Waals surface area (Å²) in [5.74, 6) is 3.14. The minimum absolute atomic E-state index is 0.0659. The molecule has 2 aromatic rings. The van der Waals surface area contributed by atoms with Crippen molar-refractivity contribution in [2.24, 2.45) is 0 Å². The van der Waals surface area contributed by atoms with Crippen molar-refractivity contribution in [3.63, 3.8) is 0 Å². The minimum Gasteiger partial charge on any atom is -0.374 e. The van der Waals surface area contributed by atoms with Crippen LogP contribution in [0.15, 0.2) is 10.9 Å². The van der Waals surface area contributed by atoms with E-state index in [1.807, 2.05) is 18.7 Å². The van der Waals surface area contributed by atoms with Gasteiger partial charge in [0, 0.05) is 18.4 Å². The van der Waals surface area contributed by atoms with Gasteiger partial charge in [-0.2, -0.15) is 16.7 Å². The zero-order valence-corrected chi connectivity index (χ0v) is 12.8. The Morgan fingerprint density at radius 1 is 1.43 bits per heavy atom. The van der Waals surface area contributed by atoms with E-state index in [0.717, 1.165) is 48.5 Å². The highest BCUT2D eigenvalue weighted by Gasteiger charge is 2.40. The molecule has 0 aliphatic carbocycles. The number of thioether (sulfide) groups is 1. The molecule has 1 spiro atoms. The summed E-state index contributed by atoms with van der Waals surface area (Å²) < 4.78 is 11.3. The van der Waals surface area contributed by atoms with E-state index in [2.05, 4.69) is 20.4 Å². The van der Waals surface area contributed by atoms with E-state index in [-0.39, 0.29) is 5.60 Å². The number of aromatic nitrogens is 3. The van der Waals surface area contributed by atoms with Crippen molar-refractivity contribution in [2.45, 2.75) is 37.8 Å². The topological polar surface area (TPSA) is 73.1 Å². The van der Waals surface area contributed by atoms with Crippen LogP contribution in [-0.4, -0.2) is 44.9 Å². The van der Waals surface area contributed by atoms with Gasteiger partial charge in [0.2, 0.25) is 0 Å². The molecule has 0 aromatic carbocycles. The molecule has 0 radical (unpaired) electrons. The predicted octanol–water partition coefficient (Wildman–Crippen LogP) is 2.39. The summed E-state index contributed by atoms with van der Waals surface area (Å²) in [5.41, 5.74) is 1.44. The molecule has 0 bridgehead atoms. The van der Waals surface area contributed by atoms with Gasteiger partial charge in [0.25, 0.3) is 5.71 Å². The summed E-state index contributed by atoms with van der Waals surface area (Å²) >= 11 is 1.99. The van der Waals surface area contributed by atoms with Gasteiger partial charge in [-0.1, -0.05) is 5.16 Å². The van der Waals surface area contributed by atoms with Crippen molar-refractivity contribution in [1.82, 2.24) is 15.1 Å². The Morgan fingerprint density at radius 2 is 2.38 bits per heavy atom. The number of nitrogens with one attached hydrogen (secondary N) is 1. The van der Waals surface area contributed by atoms with Gasteiger partial charge < -0.3 is 14.6 Å². The van der Waals surface area contributed by atoms with Crippen LogP contribution in [0.25, 0.3) is 11.1 Å². The van der Waals surface area contributed by atoms with Gasteiger partial charge in [-0.15, -0.1) is 0 Å². The fraction of sp³-hybridized carbons (Fsp3) is 0.643. The van der Waals surface area contributed by atoms with Crippen LogP contribution in [0, 0.1) is 6.92 Å². The summed E-state index contributed by atoms with van der Waals surface area (Å²) in [7, 11) is 0. The van der Waals surface area contributed by atoms with Gasteiger partial charge in [-0.05, 0) is 31.9 Å². The Labute approximate surface area is 127 Å². The second kappa shape index (κ2) is 5.14. The molecule has 4 heterocycles. The molecule has 2 aliphatic heterocycles. The van der Waals surface area contributed by atoms with Gasteiger partial charge in [-0.25, -0.2) is 4.98 Å². The maximum absolute atomic E-state index is 6.07. The summed E-state index contributed by atoms with van der Waals surface area (Å²) in [6.45, 7) is 2.73. The van der Waals surface area contributed by atoms with Gasteiger partial charge in [0.15, 0.2) is 0 Å². The fourth-order valence-corrected chi connectivity index (χ4v) is 4.62. The molecule has 2 aromatic heterocycles. The second-order valence-corrected chi connectivity index (χ2v) is 6.94. The monoisotopic (exact) mass is 306 g/mol. The molecule has 2 fully saturated rings. The zero-order chi connectivity index (χ0) is 14.3. The molecule has 7 heteroatoms. The van der Waals surface area contributed by atoms with Crippen LogP contribution in [0.2, 0.25) is 0 Å². The first-order valence-corrected chi connectivity index (χ1v) is 8.46. The number of rotatable bonds is 2. The van der Waals surface area contributed by atoms with Crippen molar-refractivity contribution in [3.05, 3.63) is 12.0 Å². The summed E-state index contributed by atoms with van der Waals surface area (Å²) in [6, 6.07) is 0.379. The SMILES string of the molecule is Cc1noc2ncnc(N[C@H]3CCO[C@@]4(CCSC4)C3)c12. The maximum atomic E-state index is 6.07. The smallest absolute Gasteiger partial charge is 0.263 e. The number of anilines is 1. The number of ether oxygens (including phenoxy) is 1. The molecule has 2 aliphatic rings. The molecule has 0 unspecified atom stereocenters. The normalized spacial score (nSPS) is 29.3. The standard InChI is InChI=1S/C14H18N4O2S/c1-9-11-12(15-8-16-13(11)20-18-9)17-10-2-4-19-14(6-10)3-5-21-7-14/h8,10H,2-7H2,1H3,(H,15,16,17)/t10-,14-/m0/s1. The van der Waals surface area contributed by atoms with E-state index in [9.17, 15) is 0 Å². The lowest BCUT2D eigenvalue weighted by Crippen LogP contribution is -2.44. The average molecular weight is 306 g/mol. The first-order chi connectivity index (χ1) is 10.3. The van der Waals surface area contributed by atoms with Crippen molar-refractivity contribution >= 4 is 28.7 Å². The Bertz CT molecular complexity index is 653. The molecular weight excluding hydrogens is 288 g/mol. The Balaban J connectivity index is 1.58. The number of aryl methyl sites for hydroxylation is 1. The second-order valence-electron chi connectivity index (χ2n) is 5.84. The summed E-state index contributed by atoms with van der Waals surface area (Å²) in [6.07, 6.45) is 4.72. The predicted molar refractivity (Wildman–Crippen MR) is 81.6 cm³/mol. The molecule has 21 heavy (non-hydrogen) atoms. The van der Waals surface area contributed by atoms with Crippen molar-refractivity contribution in [3.8, 4) is 0 Å². The van der Waals surface area contributed by atoms with E-state index >= 15 is 0 Å². The van der Waals surface area contributed by atoms with Crippen molar-refractivity contribution in [2.75, 3.05) is 23.4 Å². The van der Waals surface area contributed by atoms with E-state index < -0.39 is 0 Å². The quantitative estimate of drug-likeness (QED) is 0.913. The first kappa shape index (κ1) is 13.3. The third kappa shape index (κ3) is 2.38. The van der Waals surface area contributed by atoms with Gasteiger partial charge in [0.05, 0.1) is 11.3 Å². The lowest BCUT2D eigenvalue weighted by Gasteiger charge is -2.38. The third-order valence-electron chi connectivity index (χ3n) is 4.34. The van der Waals surface area contributed by atoms with Gasteiger partial charge in [0.1, 0.15) is 17.5 Å². The molecule has 4 rings (SSSR count). The molecule has 112 valence electrons. The van der Waals surface area contributed by atoms with E-state index in [1.165, 1.54) is 12.1 Å². The number of nitrogens with zero attached hydrogens (tertiary/aromatic N) is 3. The first-order valence-electron chi connectivity index (χ1n) is 7.31. The van der Waals surface area contributed by atoms with Crippen LogP contribution < -0.4 is 5.32 Å². The van der Waals surface area contributed by atoms with E-state index in [4.69, 9.17) is 9.26 Å². The van der Waals surface area contributed by atoms with Crippen LogP contribution >= 0.6 is 11.8 Å². The molecule has 0 amide bonds. The summed E-state index contributed by atoms with van der Waals surface area (Å²) in [4.78, 5) is 8.50. The molecule has 6 nitrogen and oxygen atoms in total. The minimum atomic E-state index is 0.0659. The summed E-state index contributed by atoms with van der Waals surface area (Å²) in [5, 5.41) is 8.42. The van der Waals surface area contributed by atoms with Crippen LogP contribution in [0.3, 0.4) is 0 Å². The van der Waals surface area contributed by atoms with Crippen molar-refractivity contribution in [1.29, 1.82) is 0 Å². The Morgan fingerprint density at radius 3 is 3.24 bits per heavy atom. The molecule has 2 saturated heterocycles. The highest BCUT2D eigenvalue weighted by Crippen LogP contribution is 2.39. The highest BCUT2D eigenvalue weighted by molar-refractivity contribution is 7.99. The Kier molecular flexibility index (Phi) is 3.26. The van der Waals surface area contributed by atoms with E-state index in [0.29, 0.717) is 11.8 Å². The van der Waals surface area contributed by atoms with Crippen LogP contribution in [0.4, 0.5) is 5.82 Å². The fourth-order valence-electron chi connectivity index (χ4n) is 3.24. The largest absolute Gasteiger partial charge is 0.374 e. The molecule has 1 N–H and O–H groups in total. The molecule has 0 saturated carbocycles. The molecular formula is C14H18N4O2S. The zero-order valence-electron chi connectivity index (χ0n) is 12.0. The third-order valence-corrected chi connectivity index (χ3v) is 5.57. The van der Waals surface area contributed by atoms with Gasteiger partial charge in [-0.3, -0.25) is 0 Å². The number of hydrogen-bond acceptors (Lipinski definition) is 7. The highest BCUT2D eigenvalue weighted by atomic mass is 32.2. The van der Waals surface area contributed by atoms with Crippen LogP contribution in [0.1, 0.15) is 25.0 Å². The van der Waals surface area contributed by atoms with Crippen LogP contribution in [-0.2, 0) is 4.74 Å². The van der Waals surface area contributed by atoms with Gasteiger partial charge >= 0.3 is 0 Å².